The van der Waals surface area contributed by atoms with Crippen molar-refractivity contribution in [2.75, 3.05) is 17.7 Å². The number of nitrogen functional groups attached to an aromatic ring is 1. The van der Waals surface area contributed by atoms with Crippen LogP contribution in [0.2, 0.25) is 0 Å². The highest BCUT2D eigenvalue weighted by molar-refractivity contribution is 9.10. The molecule has 28 heavy (non-hydrogen) atoms. The number of rotatable bonds is 8. The Morgan fingerprint density at radius 2 is 2.11 bits per heavy atom. The van der Waals surface area contributed by atoms with E-state index in [2.05, 4.69) is 50.0 Å². The van der Waals surface area contributed by atoms with Crippen LogP contribution >= 0.6 is 39.0 Å². The lowest BCUT2D eigenvalue weighted by Crippen LogP contribution is -2.26. The highest BCUT2D eigenvalue weighted by Crippen LogP contribution is 2.32. The van der Waals surface area contributed by atoms with Crippen molar-refractivity contribution < 1.29 is 9.50 Å². The zero-order valence-electron chi connectivity index (χ0n) is 15.4. The van der Waals surface area contributed by atoms with Crippen LogP contribution in [-0.4, -0.2) is 32.7 Å². The first-order chi connectivity index (χ1) is 13.4. The number of aliphatic hydroxyl groups is 1. The number of thioether (sulfide) groups is 1. The normalized spacial score (nSPS) is 12.6. The zero-order valence-corrected chi connectivity index (χ0v) is 18.7. The molecule has 3 aromatic rings. The van der Waals surface area contributed by atoms with Gasteiger partial charge in [0.2, 0.25) is 0 Å². The minimum absolute atomic E-state index is 0.00938. The first-order valence-electron chi connectivity index (χ1n) is 8.74. The van der Waals surface area contributed by atoms with Gasteiger partial charge in [-0.3, -0.25) is 0 Å². The molecule has 1 aromatic carbocycles. The summed E-state index contributed by atoms with van der Waals surface area (Å²) in [6.07, 6.45) is 0.795. The molecule has 0 saturated heterocycles. The molecule has 0 unspecified atom stereocenters. The summed E-state index contributed by atoms with van der Waals surface area (Å²) in [5.41, 5.74) is 6.92. The molecular formula is C18H21BrFN5OS2. The average molecular weight is 485 g/mol. The molecule has 0 aliphatic carbocycles. The number of aromatic nitrogens is 3. The number of nitrogens with one attached hydrogen (secondary N) is 1. The van der Waals surface area contributed by atoms with Crippen molar-refractivity contribution in [1.82, 2.24) is 15.0 Å². The van der Waals surface area contributed by atoms with Crippen LogP contribution in [0, 0.1) is 11.7 Å². The fourth-order valence-electron chi connectivity index (χ4n) is 2.71. The summed E-state index contributed by atoms with van der Waals surface area (Å²) >= 11 is 5.88. The number of fused-ring (bicyclic) bond motifs is 1. The van der Waals surface area contributed by atoms with Crippen LogP contribution < -0.4 is 11.1 Å². The molecule has 2 aromatic heterocycles. The third kappa shape index (κ3) is 5.31. The van der Waals surface area contributed by atoms with Crippen LogP contribution in [0.4, 0.5) is 15.3 Å². The highest BCUT2D eigenvalue weighted by Gasteiger charge is 2.17. The van der Waals surface area contributed by atoms with Crippen molar-refractivity contribution in [2.24, 2.45) is 5.92 Å². The predicted molar refractivity (Wildman–Crippen MR) is 117 cm³/mol. The summed E-state index contributed by atoms with van der Waals surface area (Å²) < 4.78 is 15.5. The molecule has 4 N–H and O–H groups in total. The molecule has 3 rings (SSSR count). The lowest BCUT2D eigenvalue weighted by atomic mass is 10.0. The quantitative estimate of drug-likeness (QED) is 0.315. The van der Waals surface area contributed by atoms with Gasteiger partial charge in [-0.15, -0.1) is 0 Å². The van der Waals surface area contributed by atoms with Crippen molar-refractivity contribution in [3.05, 3.63) is 34.1 Å². The van der Waals surface area contributed by atoms with Gasteiger partial charge in [-0.05, 0) is 30.0 Å². The van der Waals surface area contributed by atoms with Crippen LogP contribution in [-0.2, 0) is 5.75 Å². The van der Waals surface area contributed by atoms with Gasteiger partial charge in [0.15, 0.2) is 21.8 Å². The SMILES string of the molecule is CC(C)C[C@H](CO)Nc1nc(SCc2ccc(Br)cc2[18F])nc2nc(N)sc12. The van der Waals surface area contributed by atoms with Gasteiger partial charge >= 0.3 is 0 Å². The summed E-state index contributed by atoms with van der Waals surface area (Å²) in [7, 11) is 0. The minimum atomic E-state index is -0.281. The molecule has 150 valence electrons. The lowest BCUT2D eigenvalue weighted by molar-refractivity contribution is 0.259. The maximum absolute atomic E-state index is 14.1. The molecular weight excluding hydrogens is 464 g/mol. The molecule has 1 atom stereocenters. The first-order valence-corrected chi connectivity index (χ1v) is 11.3. The van der Waals surface area contributed by atoms with Crippen LogP contribution in [0.1, 0.15) is 25.8 Å². The number of halogens is 2. The Bertz CT molecular complexity index is 969. The summed E-state index contributed by atoms with van der Waals surface area (Å²) in [5, 5.41) is 13.9. The second kappa shape index (κ2) is 9.34. The summed E-state index contributed by atoms with van der Waals surface area (Å²) in [5.74, 6) is 1.12. The van der Waals surface area contributed by atoms with E-state index in [4.69, 9.17) is 5.73 Å². The Morgan fingerprint density at radius 1 is 1.32 bits per heavy atom. The number of hydrogen-bond acceptors (Lipinski definition) is 8. The van der Waals surface area contributed by atoms with E-state index in [9.17, 15) is 9.50 Å². The van der Waals surface area contributed by atoms with Gasteiger partial charge in [0.05, 0.1) is 12.6 Å². The van der Waals surface area contributed by atoms with Crippen molar-refractivity contribution in [3.63, 3.8) is 0 Å². The second-order valence-electron chi connectivity index (χ2n) is 6.74. The first kappa shape index (κ1) is 21.2. The van der Waals surface area contributed by atoms with E-state index < -0.39 is 0 Å². The summed E-state index contributed by atoms with van der Waals surface area (Å²) in [4.78, 5) is 13.3. The Hall–Kier alpha value is -1.49. The Morgan fingerprint density at radius 3 is 2.79 bits per heavy atom. The van der Waals surface area contributed by atoms with Gasteiger partial charge in [-0.25, -0.2) is 19.3 Å². The van der Waals surface area contributed by atoms with Crippen LogP contribution in [0.15, 0.2) is 27.8 Å². The molecule has 0 saturated carbocycles. The number of aliphatic hydroxyl groups excluding tert-OH is 1. The number of thiazole rings is 1. The smallest absolute Gasteiger partial charge is 0.191 e. The van der Waals surface area contributed by atoms with Crippen LogP contribution in [0.25, 0.3) is 10.3 Å². The van der Waals surface area contributed by atoms with Crippen LogP contribution in [0.5, 0.6) is 0 Å². The molecule has 0 amide bonds. The van der Waals surface area contributed by atoms with E-state index in [1.54, 1.807) is 12.1 Å². The maximum Gasteiger partial charge on any atom is 0.191 e. The zero-order chi connectivity index (χ0) is 20.3. The van der Waals surface area contributed by atoms with Crippen LogP contribution in [0.3, 0.4) is 0 Å². The third-order valence-electron chi connectivity index (χ3n) is 3.94. The standard InChI is InChI=1S/C18H21BrFN5OS2/c1-9(2)5-12(7-26)22-15-14-16(23-17(21)28-14)25-18(24-15)27-8-10-3-4-11(19)6-13(10)20/h3-4,6,9,12,26H,5,7-8H2,1-2H3,(H3,21,22,23,24,25)/t12-/m1/s1/i20-1. The average Bonchev–Trinajstić information content (AvgIpc) is 3.00. The molecule has 6 nitrogen and oxygen atoms in total. The van der Waals surface area contributed by atoms with Gasteiger partial charge in [0.25, 0.3) is 0 Å². The largest absolute Gasteiger partial charge is 0.394 e. The maximum atomic E-state index is 14.1. The molecule has 0 bridgehead atoms. The van der Waals surface area contributed by atoms with Gasteiger partial charge < -0.3 is 16.2 Å². The van der Waals surface area contributed by atoms with Crippen molar-refractivity contribution >= 4 is 60.3 Å². The summed E-state index contributed by atoms with van der Waals surface area (Å²) in [6.45, 7) is 4.18. The van der Waals surface area contributed by atoms with Crippen molar-refractivity contribution in [2.45, 2.75) is 37.2 Å². The van der Waals surface area contributed by atoms with E-state index in [0.29, 0.717) is 43.5 Å². The Labute approximate surface area is 179 Å². The number of nitrogens with zero attached hydrogens (tertiary/aromatic N) is 3. The number of hydrogen-bond donors (Lipinski definition) is 3. The van der Waals surface area contributed by atoms with E-state index >= 15 is 0 Å². The minimum Gasteiger partial charge on any atom is -0.394 e. The van der Waals surface area contributed by atoms with Crippen molar-refractivity contribution in [3.8, 4) is 0 Å². The molecule has 0 aliphatic heterocycles. The monoisotopic (exact) mass is 484 g/mol. The number of benzene rings is 1. The Balaban J connectivity index is 1.86. The third-order valence-corrected chi connectivity index (χ3v) is 6.21. The number of anilines is 2. The molecule has 0 aliphatic rings. The van der Waals surface area contributed by atoms with Gasteiger partial charge in [0.1, 0.15) is 10.5 Å². The molecule has 2 heterocycles. The molecule has 10 heteroatoms. The lowest BCUT2D eigenvalue weighted by Gasteiger charge is -2.19. The van der Waals surface area contributed by atoms with E-state index in [1.165, 1.54) is 29.2 Å². The van der Waals surface area contributed by atoms with Gasteiger partial charge in [-0.1, -0.05) is 58.9 Å². The topological polar surface area (TPSA) is 97.0 Å². The molecule has 0 fully saturated rings. The highest BCUT2D eigenvalue weighted by atomic mass is 79.9. The predicted octanol–water partition coefficient (Wildman–Crippen LogP) is 4.68. The molecule has 0 radical (unpaired) electrons. The van der Waals surface area contributed by atoms with E-state index in [-0.39, 0.29) is 18.5 Å². The van der Waals surface area contributed by atoms with E-state index in [1.807, 2.05) is 0 Å². The van der Waals surface area contributed by atoms with Gasteiger partial charge in [0, 0.05) is 10.2 Å². The van der Waals surface area contributed by atoms with E-state index in [0.717, 1.165) is 11.1 Å². The van der Waals surface area contributed by atoms with Crippen molar-refractivity contribution in [1.29, 1.82) is 0 Å². The second-order valence-corrected chi connectivity index (χ2v) is 9.63. The number of nitrogens with two attached hydrogens (primary N) is 1. The molecule has 0 spiro atoms. The summed E-state index contributed by atoms with van der Waals surface area (Å²) in [6, 6.07) is 4.83. The van der Waals surface area contributed by atoms with Gasteiger partial charge in [-0.2, -0.15) is 0 Å². The Kier molecular flexibility index (Phi) is 7.08. The fourth-order valence-corrected chi connectivity index (χ4v) is 4.59. The fraction of sp³-hybridized carbons (Fsp3) is 0.389.